The lowest BCUT2D eigenvalue weighted by atomic mass is 10.0. The smallest absolute Gasteiger partial charge is 0.250 e. The van der Waals surface area contributed by atoms with Crippen molar-refractivity contribution in [3.05, 3.63) is 47.0 Å². The monoisotopic (exact) mass is 409 g/mol. The number of ether oxygens (including phenoxy) is 1. The molecule has 0 saturated heterocycles. The summed E-state index contributed by atoms with van der Waals surface area (Å²) in [7, 11) is 1.70. The number of carbonyl (C=O) groups is 1. The Morgan fingerprint density at radius 2 is 2.27 bits per heavy atom. The largest absolute Gasteiger partial charge is 0.385 e. The molecule has 2 aromatic rings. The number of nitrogens with zero attached hydrogens (tertiary/aromatic N) is 3. The van der Waals surface area contributed by atoms with Gasteiger partial charge in [0.05, 0.1) is 6.04 Å². The summed E-state index contributed by atoms with van der Waals surface area (Å²) in [5, 5.41) is 9.31. The fourth-order valence-corrected chi connectivity index (χ4v) is 4.13. The summed E-state index contributed by atoms with van der Waals surface area (Å²) < 4.78 is 10.5. The van der Waals surface area contributed by atoms with Crippen LogP contribution in [0, 0.1) is 0 Å². The Morgan fingerprint density at radius 3 is 3.10 bits per heavy atom. The average Bonchev–Trinajstić information content (AvgIpc) is 3.16. The van der Waals surface area contributed by atoms with Crippen molar-refractivity contribution in [3.8, 4) is 11.4 Å². The minimum absolute atomic E-state index is 0.00842. The van der Waals surface area contributed by atoms with Crippen molar-refractivity contribution in [2.75, 3.05) is 26.8 Å². The topological polar surface area (TPSA) is 92.5 Å². The van der Waals surface area contributed by atoms with Crippen LogP contribution < -0.4 is 10.7 Å². The van der Waals surface area contributed by atoms with Crippen LogP contribution in [-0.4, -0.2) is 47.9 Å². The van der Waals surface area contributed by atoms with E-state index in [1.807, 2.05) is 17.3 Å². The third-order valence-corrected chi connectivity index (χ3v) is 5.98. The van der Waals surface area contributed by atoms with E-state index in [1.54, 1.807) is 7.11 Å². The molecule has 1 aromatic carbocycles. The molecule has 8 heteroatoms. The van der Waals surface area contributed by atoms with Gasteiger partial charge in [-0.15, -0.1) is 0 Å². The second-order valence-corrected chi connectivity index (χ2v) is 8.24. The molecule has 158 valence electrons. The molecule has 1 atom stereocenters. The SMILES string of the molecule is COCCCN1C=C(C(=O)N[C@@H]2CCc3cc(-c4noc(C5CC5)n4)ccc32)CN1. The number of methoxy groups -OCH3 is 1. The fraction of sp³-hybridized carbons (Fsp3) is 0.500. The maximum atomic E-state index is 12.7. The predicted octanol–water partition coefficient (Wildman–Crippen LogP) is 2.46. The second-order valence-electron chi connectivity index (χ2n) is 8.24. The molecular weight excluding hydrogens is 382 g/mol. The van der Waals surface area contributed by atoms with E-state index in [0.717, 1.165) is 55.7 Å². The number of aromatic nitrogens is 2. The van der Waals surface area contributed by atoms with Gasteiger partial charge in [0.25, 0.3) is 5.91 Å². The standard InChI is InChI=1S/C22H27N5O3/c1-29-10-2-9-27-13-17(12-23-27)21(28)24-19-8-6-15-11-16(5-7-18(15)19)20-25-22(30-26-20)14-3-4-14/h5,7,11,13-14,19,23H,2-4,6,8-10,12H2,1H3,(H,24,28)/t19-/m1/s1. The van der Waals surface area contributed by atoms with Crippen LogP contribution in [0.1, 0.15) is 54.7 Å². The molecular formula is C22H27N5O3. The van der Waals surface area contributed by atoms with Gasteiger partial charge >= 0.3 is 0 Å². The van der Waals surface area contributed by atoms with Gasteiger partial charge < -0.3 is 19.6 Å². The van der Waals surface area contributed by atoms with E-state index in [9.17, 15) is 4.79 Å². The summed E-state index contributed by atoms with van der Waals surface area (Å²) in [6, 6.07) is 6.29. The molecule has 0 unspecified atom stereocenters. The third-order valence-electron chi connectivity index (χ3n) is 5.98. The van der Waals surface area contributed by atoms with Gasteiger partial charge in [0.1, 0.15) is 0 Å². The molecule has 1 aliphatic heterocycles. The van der Waals surface area contributed by atoms with Crippen molar-refractivity contribution in [1.82, 2.24) is 25.9 Å². The van der Waals surface area contributed by atoms with Gasteiger partial charge in [-0.25, -0.2) is 5.43 Å². The average molecular weight is 409 g/mol. The molecule has 1 amide bonds. The van der Waals surface area contributed by atoms with Crippen LogP contribution in [0.4, 0.5) is 0 Å². The molecule has 0 radical (unpaired) electrons. The number of hydrogen-bond donors (Lipinski definition) is 2. The number of rotatable bonds is 8. The van der Waals surface area contributed by atoms with Gasteiger partial charge in [0.2, 0.25) is 11.7 Å². The lowest BCUT2D eigenvalue weighted by Gasteiger charge is -2.14. The van der Waals surface area contributed by atoms with E-state index < -0.39 is 0 Å². The number of carbonyl (C=O) groups excluding carboxylic acids is 1. The number of hydrogen-bond acceptors (Lipinski definition) is 7. The van der Waals surface area contributed by atoms with Crippen LogP contribution in [0.15, 0.2) is 34.5 Å². The normalized spacial score (nSPS) is 20.4. The molecule has 2 N–H and O–H groups in total. The van der Waals surface area contributed by atoms with Gasteiger partial charge in [-0.05, 0) is 49.3 Å². The minimum Gasteiger partial charge on any atom is -0.385 e. The summed E-state index contributed by atoms with van der Waals surface area (Å²) in [5.41, 5.74) is 7.40. The van der Waals surface area contributed by atoms with E-state index in [-0.39, 0.29) is 11.9 Å². The van der Waals surface area contributed by atoms with Crippen LogP contribution in [0.5, 0.6) is 0 Å². The van der Waals surface area contributed by atoms with Crippen molar-refractivity contribution in [2.24, 2.45) is 0 Å². The lowest BCUT2D eigenvalue weighted by Crippen LogP contribution is -2.32. The summed E-state index contributed by atoms with van der Waals surface area (Å²) in [4.78, 5) is 17.3. The first-order valence-electron chi connectivity index (χ1n) is 10.7. The Kier molecular flexibility index (Phi) is 5.26. The number of nitrogens with one attached hydrogen (secondary N) is 2. The molecule has 0 bridgehead atoms. The van der Waals surface area contributed by atoms with Gasteiger partial charge in [0, 0.05) is 50.1 Å². The molecule has 1 aromatic heterocycles. The maximum absolute atomic E-state index is 12.7. The van der Waals surface area contributed by atoms with E-state index in [4.69, 9.17) is 9.26 Å². The van der Waals surface area contributed by atoms with E-state index in [0.29, 0.717) is 24.9 Å². The summed E-state index contributed by atoms with van der Waals surface area (Å²) >= 11 is 0. The van der Waals surface area contributed by atoms with Crippen molar-refractivity contribution in [1.29, 1.82) is 0 Å². The Balaban J connectivity index is 1.23. The zero-order valence-electron chi connectivity index (χ0n) is 17.2. The lowest BCUT2D eigenvalue weighted by molar-refractivity contribution is -0.118. The number of amides is 1. The zero-order chi connectivity index (χ0) is 20.5. The first kappa shape index (κ1) is 19.3. The van der Waals surface area contributed by atoms with Crippen LogP contribution in [-0.2, 0) is 16.0 Å². The Hall–Kier alpha value is -2.71. The molecule has 1 saturated carbocycles. The van der Waals surface area contributed by atoms with Crippen LogP contribution in [0.2, 0.25) is 0 Å². The maximum Gasteiger partial charge on any atom is 0.250 e. The Bertz CT molecular complexity index is 965. The molecule has 2 aliphatic carbocycles. The molecule has 0 spiro atoms. The second kappa shape index (κ2) is 8.20. The van der Waals surface area contributed by atoms with Gasteiger partial charge in [-0.1, -0.05) is 17.3 Å². The fourth-order valence-electron chi connectivity index (χ4n) is 4.13. The first-order valence-corrected chi connectivity index (χ1v) is 10.7. The van der Waals surface area contributed by atoms with Crippen molar-refractivity contribution in [2.45, 2.75) is 44.1 Å². The van der Waals surface area contributed by atoms with Crippen molar-refractivity contribution in [3.63, 3.8) is 0 Å². The molecule has 2 heterocycles. The highest BCUT2D eigenvalue weighted by molar-refractivity contribution is 5.94. The zero-order valence-corrected chi connectivity index (χ0v) is 17.2. The van der Waals surface area contributed by atoms with Crippen molar-refractivity contribution >= 4 is 5.91 Å². The van der Waals surface area contributed by atoms with Crippen LogP contribution in [0.3, 0.4) is 0 Å². The van der Waals surface area contributed by atoms with E-state index in [1.165, 1.54) is 11.1 Å². The third kappa shape index (κ3) is 3.97. The Labute approximate surface area is 175 Å². The summed E-state index contributed by atoms with van der Waals surface area (Å²) in [6.45, 7) is 2.08. The number of benzene rings is 1. The number of aryl methyl sites for hydroxylation is 1. The molecule has 30 heavy (non-hydrogen) atoms. The number of fused-ring (bicyclic) bond motifs is 1. The summed E-state index contributed by atoms with van der Waals surface area (Å²) in [6.07, 6.45) is 6.94. The van der Waals surface area contributed by atoms with Crippen LogP contribution >= 0.6 is 0 Å². The van der Waals surface area contributed by atoms with E-state index in [2.05, 4.69) is 33.0 Å². The van der Waals surface area contributed by atoms with Gasteiger partial charge in [-0.2, -0.15) is 4.98 Å². The minimum atomic E-state index is -0.00842. The highest BCUT2D eigenvalue weighted by atomic mass is 16.5. The predicted molar refractivity (Wildman–Crippen MR) is 110 cm³/mol. The molecule has 1 fully saturated rings. The van der Waals surface area contributed by atoms with Gasteiger partial charge in [-0.3, -0.25) is 4.79 Å². The van der Waals surface area contributed by atoms with Crippen LogP contribution in [0.25, 0.3) is 11.4 Å². The summed E-state index contributed by atoms with van der Waals surface area (Å²) in [5.74, 6) is 1.86. The quantitative estimate of drug-likeness (QED) is 0.647. The molecule has 5 rings (SSSR count). The molecule has 3 aliphatic rings. The first-order chi connectivity index (χ1) is 14.7. The van der Waals surface area contributed by atoms with E-state index >= 15 is 0 Å². The molecule has 8 nitrogen and oxygen atoms in total. The van der Waals surface area contributed by atoms with Gasteiger partial charge in [0.15, 0.2) is 0 Å². The Morgan fingerprint density at radius 1 is 1.37 bits per heavy atom. The van der Waals surface area contributed by atoms with Crippen molar-refractivity contribution < 1.29 is 14.1 Å². The number of hydrazine groups is 1. The highest BCUT2D eigenvalue weighted by Gasteiger charge is 2.30. The highest BCUT2D eigenvalue weighted by Crippen LogP contribution is 2.40.